The Kier molecular flexibility index (Phi) is 7.53. The van der Waals surface area contributed by atoms with E-state index in [1.54, 1.807) is 0 Å². The molecule has 1 aliphatic heterocycles. The van der Waals surface area contributed by atoms with Gasteiger partial charge in [0.25, 0.3) is 0 Å². The van der Waals surface area contributed by atoms with Crippen LogP contribution >= 0.6 is 0 Å². The first-order valence-electron chi connectivity index (χ1n) is 11.1. The first-order valence-corrected chi connectivity index (χ1v) is 11.1. The summed E-state index contributed by atoms with van der Waals surface area (Å²) in [6.07, 6.45) is 2.43. The summed E-state index contributed by atoms with van der Waals surface area (Å²) in [5.41, 5.74) is 3.24. The van der Waals surface area contributed by atoms with Crippen LogP contribution in [0.25, 0.3) is 0 Å². The minimum atomic E-state index is 0.140. The number of rotatable bonds is 8. The Balaban J connectivity index is 1.59. The zero-order valence-corrected chi connectivity index (χ0v) is 19.2. The zero-order chi connectivity index (χ0) is 21.7. The third-order valence-electron chi connectivity index (χ3n) is 4.99. The van der Waals surface area contributed by atoms with Crippen molar-refractivity contribution in [3.63, 3.8) is 0 Å². The molecule has 1 N–H and O–H groups in total. The van der Waals surface area contributed by atoms with Crippen molar-refractivity contribution in [3.05, 3.63) is 41.2 Å². The van der Waals surface area contributed by atoms with E-state index in [4.69, 9.17) is 9.47 Å². The first kappa shape index (κ1) is 22.3. The normalized spacial score (nSPS) is 15.6. The average molecular weight is 413 g/mol. The number of benzene rings is 1. The Bertz CT molecular complexity index is 781. The number of aryl methyl sites for hydroxylation is 2. The lowest BCUT2D eigenvalue weighted by molar-refractivity contribution is 0.207. The molecule has 0 radical (unpaired) electrons. The number of ether oxygens (including phenoxy) is 2. The van der Waals surface area contributed by atoms with E-state index in [2.05, 4.69) is 32.3 Å². The van der Waals surface area contributed by atoms with Crippen LogP contribution in [0.1, 0.15) is 57.5 Å². The van der Waals surface area contributed by atoms with Crippen molar-refractivity contribution in [1.82, 2.24) is 14.9 Å². The van der Waals surface area contributed by atoms with Gasteiger partial charge in [-0.15, -0.1) is 0 Å². The first-order chi connectivity index (χ1) is 14.3. The van der Waals surface area contributed by atoms with Gasteiger partial charge in [0.1, 0.15) is 11.5 Å². The van der Waals surface area contributed by atoms with Crippen molar-refractivity contribution in [2.75, 3.05) is 18.4 Å². The molecule has 6 nitrogen and oxygen atoms in total. The van der Waals surface area contributed by atoms with Crippen LogP contribution in [0, 0.1) is 13.8 Å². The summed E-state index contributed by atoms with van der Waals surface area (Å²) in [6, 6.07) is 8.69. The fourth-order valence-electron chi connectivity index (χ4n) is 3.87. The molecule has 0 amide bonds. The van der Waals surface area contributed by atoms with Crippen LogP contribution in [0.2, 0.25) is 0 Å². The van der Waals surface area contributed by atoms with Gasteiger partial charge in [-0.3, -0.25) is 4.90 Å². The summed E-state index contributed by atoms with van der Waals surface area (Å²) in [6.45, 7) is 15.2. The minimum Gasteiger partial charge on any atom is -0.491 e. The van der Waals surface area contributed by atoms with E-state index in [0.29, 0.717) is 6.04 Å². The van der Waals surface area contributed by atoms with Crippen LogP contribution in [-0.2, 0) is 6.54 Å². The number of nitrogens with zero attached hydrogens (tertiary/aromatic N) is 3. The lowest BCUT2D eigenvalue weighted by Gasteiger charge is -2.32. The fourth-order valence-corrected chi connectivity index (χ4v) is 3.87. The third-order valence-corrected chi connectivity index (χ3v) is 4.99. The van der Waals surface area contributed by atoms with Crippen molar-refractivity contribution in [3.8, 4) is 11.5 Å². The lowest BCUT2D eigenvalue weighted by atomic mass is 10.0. The van der Waals surface area contributed by atoms with E-state index in [1.165, 1.54) is 5.56 Å². The molecule has 1 aliphatic rings. The molecular weight excluding hydrogens is 376 g/mol. The summed E-state index contributed by atoms with van der Waals surface area (Å²) in [5, 5.41) is 3.52. The fraction of sp³-hybridized carbons (Fsp3) is 0.583. The van der Waals surface area contributed by atoms with Crippen LogP contribution in [0.4, 0.5) is 5.95 Å². The molecule has 1 fully saturated rings. The van der Waals surface area contributed by atoms with Gasteiger partial charge in [0.2, 0.25) is 5.95 Å². The average Bonchev–Trinajstić information content (AvgIpc) is 2.61. The second kappa shape index (κ2) is 10.1. The Labute approximate surface area is 181 Å². The molecule has 1 aromatic carbocycles. The minimum absolute atomic E-state index is 0.140. The monoisotopic (exact) mass is 412 g/mol. The Morgan fingerprint density at radius 1 is 0.900 bits per heavy atom. The molecule has 164 valence electrons. The van der Waals surface area contributed by atoms with Gasteiger partial charge in [0.05, 0.1) is 12.2 Å². The Hall–Kier alpha value is -2.34. The molecule has 2 heterocycles. The molecule has 2 aromatic rings. The second-order valence-electron chi connectivity index (χ2n) is 8.81. The number of hydrogen-bond donors (Lipinski definition) is 1. The molecule has 30 heavy (non-hydrogen) atoms. The van der Waals surface area contributed by atoms with Gasteiger partial charge in [0.15, 0.2) is 0 Å². The van der Waals surface area contributed by atoms with Gasteiger partial charge < -0.3 is 14.8 Å². The highest BCUT2D eigenvalue weighted by molar-refractivity contribution is 5.39. The molecule has 3 rings (SSSR count). The standard InChI is InChI=1S/C24H36N4O2/c1-16(2)29-22-12-20(13-23(14-22)30-17(3)4)15-28-9-7-21(8-10-28)27-24-25-18(5)11-19(6)26-24/h11-14,16-17,21H,7-10,15H2,1-6H3,(H,25,26,27). The summed E-state index contributed by atoms with van der Waals surface area (Å²) >= 11 is 0. The van der Waals surface area contributed by atoms with Crippen molar-refractivity contribution in [2.45, 2.75) is 79.2 Å². The van der Waals surface area contributed by atoms with E-state index < -0.39 is 0 Å². The quantitative estimate of drug-likeness (QED) is 0.675. The molecule has 6 heteroatoms. The Morgan fingerprint density at radius 2 is 1.43 bits per heavy atom. The van der Waals surface area contributed by atoms with Crippen LogP contribution in [0.15, 0.2) is 24.3 Å². The highest BCUT2D eigenvalue weighted by atomic mass is 16.5. The molecule has 1 aromatic heterocycles. The van der Waals surface area contributed by atoms with Gasteiger partial charge in [-0.2, -0.15) is 0 Å². The lowest BCUT2D eigenvalue weighted by Crippen LogP contribution is -2.39. The van der Waals surface area contributed by atoms with E-state index >= 15 is 0 Å². The van der Waals surface area contributed by atoms with Crippen molar-refractivity contribution >= 4 is 5.95 Å². The molecular formula is C24H36N4O2. The molecule has 0 aliphatic carbocycles. The number of likely N-dealkylation sites (tertiary alicyclic amines) is 1. The van der Waals surface area contributed by atoms with Crippen molar-refractivity contribution < 1.29 is 9.47 Å². The van der Waals surface area contributed by atoms with E-state index in [9.17, 15) is 0 Å². The van der Waals surface area contributed by atoms with E-state index in [0.717, 1.165) is 61.3 Å². The Morgan fingerprint density at radius 3 is 1.93 bits per heavy atom. The smallest absolute Gasteiger partial charge is 0.223 e. The number of anilines is 1. The van der Waals surface area contributed by atoms with Crippen LogP contribution in [0.3, 0.4) is 0 Å². The maximum Gasteiger partial charge on any atom is 0.223 e. The van der Waals surface area contributed by atoms with Gasteiger partial charge in [-0.25, -0.2) is 9.97 Å². The van der Waals surface area contributed by atoms with Gasteiger partial charge in [-0.05, 0) is 78.1 Å². The number of piperidine rings is 1. The van der Waals surface area contributed by atoms with Crippen molar-refractivity contribution in [2.24, 2.45) is 0 Å². The summed E-state index contributed by atoms with van der Waals surface area (Å²) < 4.78 is 11.9. The highest BCUT2D eigenvalue weighted by Crippen LogP contribution is 2.26. The predicted molar refractivity (Wildman–Crippen MR) is 121 cm³/mol. The van der Waals surface area contributed by atoms with Gasteiger partial charge >= 0.3 is 0 Å². The third kappa shape index (κ3) is 6.87. The number of aromatic nitrogens is 2. The molecule has 0 atom stereocenters. The van der Waals surface area contributed by atoms with E-state index in [1.807, 2.05) is 53.7 Å². The molecule has 0 spiro atoms. The predicted octanol–water partition coefficient (Wildman–Crippen LogP) is 4.74. The SMILES string of the molecule is Cc1cc(C)nc(NC2CCN(Cc3cc(OC(C)C)cc(OC(C)C)c3)CC2)n1. The van der Waals surface area contributed by atoms with Crippen LogP contribution in [-0.4, -0.2) is 46.2 Å². The highest BCUT2D eigenvalue weighted by Gasteiger charge is 2.20. The number of hydrogen-bond acceptors (Lipinski definition) is 6. The van der Waals surface area contributed by atoms with Gasteiger partial charge in [-0.1, -0.05) is 0 Å². The summed E-state index contributed by atoms with van der Waals surface area (Å²) in [5.74, 6) is 2.50. The summed E-state index contributed by atoms with van der Waals surface area (Å²) in [7, 11) is 0. The molecule has 0 bridgehead atoms. The number of nitrogens with one attached hydrogen (secondary N) is 1. The zero-order valence-electron chi connectivity index (χ0n) is 19.2. The van der Waals surface area contributed by atoms with Crippen molar-refractivity contribution in [1.29, 1.82) is 0 Å². The summed E-state index contributed by atoms with van der Waals surface area (Å²) in [4.78, 5) is 11.5. The maximum atomic E-state index is 5.95. The largest absolute Gasteiger partial charge is 0.491 e. The topological polar surface area (TPSA) is 59.5 Å². The van der Waals surface area contributed by atoms with Gasteiger partial charge in [0, 0.05) is 43.1 Å². The van der Waals surface area contributed by atoms with E-state index in [-0.39, 0.29) is 12.2 Å². The molecule has 0 saturated carbocycles. The molecule has 1 saturated heterocycles. The van der Waals surface area contributed by atoms with Crippen LogP contribution in [0.5, 0.6) is 11.5 Å². The molecule has 0 unspecified atom stereocenters. The maximum absolute atomic E-state index is 5.95. The van der Waals surface area contributed by atoms with Crippen LogP contribution < -0.4 is 14.8 Å². The second-order valence-corrected chi connectivity index (χ2v) is 8.81.